The molecule has 0 saturated carbocycles. The molecule has 0 radical (unpaired) electrons. The van der Waals surface area contributed by atoms with Crippen molar-refractivity contribution in [2.24, 2.45) is 5.73 Å². The summed E-state index contributed by atoms with van der Waals surface area (Å²) in [5.41, 5.74) is 9.21. The SMILES string of the molecule is NCCNc1cc(-c2cccc3nc(Nc4ccccc4)nn23)ccn1. The summed E-state index contributed by atoms with van der Waals surface area (Å²) < 4.78 is 1.83. The monoisotopic (exact) mass is 345 g/mol. The molecule has 4 rings (SSSR count). The van der Waals surface area contributed by atoms with E-state index in [0.29, 0.717) is 19.0 Å². The fourth-order valence-electron chi connectivity index (χ4n) is 2.71. The predicted octanol–water partition coefficient (Wildman–Crippen LogP) is 2.91. The van der Waals surface area contributed by atoms with Gasteiger partial charge in [-0.2, -0.15) is 4.98 Å². The zero-order chi connectivity index (χ0) is 17.8. The molecular formula is C19H19N7. The molecule has 0 fully saturated rings. The van der Waals surface area contributed by atoms with Crippen LogP contribution in [0.2, 0.25) is 0 Å². The first-order valence-corrected chi connectivity index (χ1v) is 8.42. The van der Waals surface area contributed by atoms with Crippen LogP contribution in [0.3, 0.4) is 0 Å². The van der Waals surface area contributed by atoms with E-state index in [2.05, 4.69) is 25.7 Å². The topological polar surface area (TPSA) is 93.2 Å². The Morgan fingerprint density at radius 1 is 1.00 bits per heavy atom. The van der Waals surface area contributed by atoms with E-state index >= 15 is 0 Å². The lowest BCUT2D eigenvalue weighted by atomic mass is 10.1. The number of fused-ring (bicyclic) bond motifs is 1. The molecule has 1 aromatic carbocycles. The number of para-hydroxylation sites is 1. The maximum absolute atomic E-state index is 5.55. The average molecular weight is 345 g/mol. The third kappa shape index (κ3) is 3.33. The zero-order valence-electron chi connectivity index (χ0n) is 14.1. The van der Waals surface area contributed by atoms with Crippen LogP contribution < -0.4 is 16.4 Å². The summed E-state index contributed by atoms with van der Waals surface area (Å²) >= 11 is 0. The number of nitrogens with zero attached hydrogens (tertiary/aromatic N) is 4. The second-order valence-corrected chi connectivity index (χ2v) is 5.75. The van der Waals surface area contributed by atoms with E-state index < -0.39 is 0 Å². The van der Waals surface area contributed by atoms with Crippen molar-refractivity contribution >= 4 is 23.1 Å². The van der Waals surface area contributed by atoms with Gasteiger partial charge < -0.3 is 16.4 Å². The molecule has 3 aromatic heterocycles. The number of benzene rings is 1. The van der Waals surface area contributed by atoms with Crippen LogP contribution in [0.1, 0.15) is 0 Å². The number of aromatic nitrogens is 4. The van der Waals surface area contributed by atoms with E-state index in [1.54, 1.807) is 6.20 Å². The van der Waals surface area contributed by atoms with E-state index in [9.17, 15) is 0 Å². The van der Waals surface area contributed by atoms with Crippen LogP contribution in [0.15, 0.2) is 66.9 Å². The molecule has 0 atom stereocenters. The maximum atomic E-state index is 5.55. The van der Waals surface area contributed by atoms with Crippen molar-refractivity contribution in [2.45, 2.75) is 0 Å². The Balaban J connectivity index is 1.70. The van der Waals surface area contributed by atoms with Crippen LogP contribution >= 0.6 is 0 Å². The highest BCUT2D eigenvalue weighted by Crippen LogP contribution is 2.23. The van der Waals surface area contributed by atoms with E-state index in [1.165, 1.54) is 0 Å². The van der Waals surface area contributed by atoms with Crippen LogP contribution in [0.25, 0.3) is 16.9 Å². The molecule has 130 valence electrons. The number of hydrogen-bond donors (Lipinski definition) is 3. The van der Waals surface area contributed by atoms with Gasteiger partial charge in [0.15, 0.2) is 5.65 Å². The molecule has 26 heavy (non-hydrogen) atoms. The first kappa shape index (κ1) is 16.0. The molecule has 4 aromatic rings. The lowest BCUT2D eigenvalue weighted by Crippen LogP contribution is -2.13. The summed E-state index contributed by atoms with van der Waals surface area (Å²) in [6.45, 7) is 1.23. The van der Waals surface area contributed by atoms with Crippen molar-refractivity contribution in [3.63, 3.8) is 0 Å². The molecule has 0 bridgehead atoms. The summed E-state index contributed by atoms with van der Waals surface area (Å²) in [4.78, 5) is 8.88. The third-order valence-electron chi connectivity index (χ3n) is 3.90. The van der Waals surface area contributed by atoms with Gasteiger partial charge in [-0.1, -0.05) is 24.3 Å². The van der Waals surface area contributed by atoms with Gasteiger partial charge in [0.1, 0.15) is 5.82 Å². The van der Waals surface area contributed by atoms with Gasteiger partial charge in [-0.05, 0) is 36.4 Å². The Hall–Kier alpha value is -3.45. The summed E-state index contributed by atoms with van der Waals surface area (Å²) in [5, 5.41) is 11.0. The van der Waals surface area contributed by atoms with Gasteiger partial charge in [-0.3, -0.25) is 0 Å². The fraction of sp³-hybridized carbons (Fsp3) is 0.105. The highest BCUT2D eigenvalue weighted by Gasteiger charge is 2.10. The second-order valence-electron chi connectivity index (χ2n) is 5.75. The molecule has 0 saturated heterocycles. The molecule has 0 aliphatic heterocycles. The maximum Gasteiger partial charge on any atom is 0.247 e. The van der Waals surface area contributed by atoms with Gasteiger partial charge in [-0.15, -0.1) is 5.10 Å². The fourth-order valence-corrected chi connectivity index (χ4v) is 2.71. The van der Waals surface area contributed by atoms with Crippen LogP contribution in [0.4, 0.5) is 17.5 Å². The Kier molecular flexibility index (Phi) is 4.44. The molecule has 0 aliphatic carbocycles. The largest absolute Gasteiger partial charge is 0.369 e. The van der Waals surface area contributed by atoms with Gasteiger partial charge in [0.05, 0.1) is 5.69 Å². The average Bonchev–Trinajstić information content (AvgIpc) is 3.09. The standard InChI is InChI=1S/C19H19N7/c20-10-12-22-17-13-14(9-11-21-17)16-7-4-8-18-24-19(25-26(16)18)23-15-5-2-1-3-6-15/h1-9,11,13H,10,12,20H2,(H,21,22)(H,23,25). The second kappa shape index (κ2) is 7.20. The highest BCUT2D eigenvalue weighted by atomic mass is 15.4. The highest BCUT2D eigenvalue weighted by molar-refractivity contribution is 5.67. The normalized spacial score (nSPS) is 10.8. The van der Waals surface area contributed by atoms with Crippen molar-refractivity contribution < 1.29 is 0 Å². The first-order valence-electron chi connectivity index (χ1n) is 8.42. The number of pyridine rings is 2. The Bertz CT molecular complexity index is 1010. The van der Waals surface area contributed by atoms with Crippen molar-refractivity contribution in [1.29, 1.82) is 0 Å². The molecule has 4 N–H and O–H groups in total. The molecule has 7 heteroatoms. The molecular weight excluding hydrogens is 326 g/mol. The summed E-state index contributed by atoms with van der Waals surface area (Å²) in [6.07, 6.45) is 1.77. The number of anilines is 3. The number of nitrogens with two attached hydrogens (primary N) is 1. The van der Waals surface area contributed by atoms with E-state index in [1.807, 2.05) is 65.2 Å². The molecule has 0 spiro atoms. The van der Waals surface area contributed by atoms with E-state index in [4.69, 9.17) is 5.73 Å². The minimum absolute atomic E-state index is 0.555. The van der Waals surface area contributed by atoms with Gasteiger partial charge in [0, 0.05) is 30.5 Å². The summed E-state index contributed by atoms with van der Waals surface area (Å²) in [6, 6.07) is 19.7. The van der Waals surface area contributed by atoms with Crippen molar-refractivity contribution in [2.75, 3.05) is 23.7 Å². The van der Waals surface area contributed by atoms with Gasteiger partial charge in [0.25, 0.3) is 0 Å². The van der Waals surface area contributed by atoms with Crippen LogP contribution in [-0.2, 0) is 0 Å². The number of hydrogen-bond acceptors (Lipinski definition) is 6. The predicted molar refractivity (Wildman–Crippen MR) is 103 cm³/mol. The van der Waals surface area contributed by atoms with Crippen molar-refractivity contribution in [3.8, 4) is 11.3 Å². The molecule has 0 unspecified atom stereocenters. The summed E-state index contributed by atoms with van der Waals surface area (Å²) in [7, 11) is 0. The first-order chi connectivity index (χ1) is 12.8. The van der Waals surface area contributed by atoms with E-state index in [-0.39, 0.29) is 0 Å². The Morgan fingerprint density at radius 2 is 1.88 bits per heavy atom. The smallest absolute Gasteiger partial charge is 0.247 e. The van der Waals surface area contributed by atoms with Crippen LogP contribution in [0, 0.1) is 0 Å². The quantitative estimate of drug-likeness (QED) is 0.497. The molecule has 0 amide bonds. The van der Waals surface area contributed by atoms with Crippen molar-refractivity contribution in [3.05, 3.63) is 66.9 Å². The van der Waals surface area contributed by atoms with Gasteiger partial charge in [0.2, 0.25) is 5.95 Å². The van der Waals surface area contributed by atoms with Gasteiger partial charge >= 0.3 is 0 Å². The minimum atomic E-state index is 0.555. The van der Waals surface area contributed by atoms with Gasteiger partial charge in [-0.25, -0.2) is 9.50 Å². The van der Waals surface area contributed by atoms with Crippen LogP contribution in [-0.4, -0.2) is 32.7 Å². The lowest BCUT2D eigenvalue weighted by molar-refractivity contribution is 0.972. The molecule has 0 aliphatic rings. The number of nitrogens with one attached hydrogen (secondary N) is 2. The lowest BCUT2D eigenvalue weighted by Gasteiger charge is -2.07. The molecule has 7 nitrogen and oxygen atoms in total. The third-order valence-corrected chi connectivity index (χ3v) is 3.90. The van der Waals surface area contributed by atoms with Crippen molar-refractivity contribution in [1.82, 2.24) is 19.6 Å². The Labute approximate surface area is 150 Å². The van der Waals surface area contributed by atoms with Crippen LogP contribution in [0.5, 0.6) is 0 Å². The molecule has 3 heterocycles. The number of rotatable bonds is 6. The van der Waals surface area contributed by atoms with E-state index in [0.717, 1.165) is 28.4 Å². The summed E-state index contributed by atoms with van der Waals surface area (Å²) in [5.74, 6) is 1.34. The Morgan fingerprint density at radius 3 is 2.73 bits per heavy atom. The zero-order valence-corrected chi connectivity index (χ0v) is 14.1. The minimum Gasteiger partial charge on any atom is -0.369 e.